The summed E-state index contributed by atoms with van der Waals surface area (Å²) in [4.78, 5) is 12.2. The molecule has 1 N–H and O–H groups in total. The number of carbonyl (C=O) groups is 1. The molecule has 1 aromatic heterocycles. The highest BCUT2D eigenvalue weighted by molar-refractivity contribution is 5.95. The molecule has 3 aromatic rings. The molecule has 1 amide bonds. The fraction of sp³-hybridized carbons (Fsp3) is 0.211. The van der Waals surface area contributed by atoms with E-state index in [9.17, 15) is 13.6 Å². The van der Waals surface area contributed by atoms with Crippen LogP contribution in [0.3, 0.4) is 0 Å². The minimum absolute atomic E-state index is 0.465. The fourth-order valence-electron chi connectivity index (χ4n) is 2.59. The molecule has 25 heavy (non-hydrogen) atoms. The molecule has 0 saturated carbocycles. The molecule has 1 heterocycles. The summed E-state index contributed by atoms with van der Waals surface area (Å²) in [5, 5.41) is 3.37. The average molecular weight is 345 g/mol. The Morgan fingerprint density at radius 2 is 1.88 bits per heavy atom. The number of hydrogen-bond acceptors (Lipinski definition) is 3. The number of hydrogen-bond donors (Lipinski definition) is 1. The monoisotopic (exact) mass is 345 g/mol. The maximum absolute atomic E-state index is 13.7. The number of ether oxygens (including phenoxy) is 1. The second-order valence-electron chi connectivity index (χ2n) is 5.55. The molecule has 0 bridgehead atoms. The first kappa shape index (κ1) is 17.0. The second kappa shape index (κ2) is 6.93. The van der Waals surface area contributed by atoms with E-state index < -0.39 is 29.1 Å². The van der Waals surface area contributed by atoms with Gasteiger partial charge in [-0.3, -0.25) is 4.79 Å². The van der Waals surface area contributed by atoms with Crippen molar-refractivity contribution >= 4 is 16.9 Å². The summed E-state index contributed by atoms with van der Waals surface area (Å²) in [6, 6.07) is 9.96. The van der Waals surface area contributed by atoms with E-state index in [2.05, 4.69) is 5.32 Å². The van der Waals surface area contributed by atoms with Gasteiger partial charge in [-0.15, -0.1) is 0 Å². The van der Waals surface area contributed by atoms with Crippen LogP contribution < -0.4 is 10.1 Å². The third-order valence-corrected chi connectivity index (χ3v) is 3.79. The number of nitrogens with one attached hydrogen (secondary N) is 1. The Kier molecular flexibility index (Phi) is 4.70. The summed E-state index contributed by atoms with van der Waals surface area (Å²) in [6.45, 7) is 4.04. The largest absolute Gasteiger partial charge is 0.490 e. The molecule has 0 fully saturated rings. The molecule has 0 radical (unpaired) electrons. The van der Waals surface area contributed by atoms with Gasteiger partial charge in [-0.2, -0.15) is 0 Å². The summed E-state index contributed by atoms with van der Waals surface area (Å²) in [7, 11) is 0. The number of halogens is 2. The van der Waals surface area contributed by atoms with E-state index in [0.717, 1.165) is 17.5 Å². The van der Waals surface area contributed by atoms with Crippen molar-refractivity contribution in [1.29, 1.82) is 0 Å². The van der Waals surface area contributed by atoms with Crippen molar-refractivity contribution in [2.24, 2.45) is 0 Å². The van der Waals surface area contributed by atoms with Crippen LogP contribution in [0.4, 0.5) is 8.78 Å². The van der Waals surface area contributed by atoms with Gasteiger partial charge < -0.3 is 14.5 Å². The molecule has 0 aliphatic heterocycles. The van der Waals surface area contributed by atoms with E-state index in [4.69, 9.17) is 9.15 Å². The second-order valence-corrected chi connectivity index (χ2v) is 5.55. The highest BCUT2D eigenvalue weighted by Gasteiger charge is 2.21. The van der Waals surface area contributed by atoms with E-state index in [-0.39, 0.29) is 0 Å². The number of benzene rings is 2. The van der Waals surface area contributed by atoms with Gasteiger partial charge in [0.2, 0.25) is 0 Å². The lowest BCUT2D eigenvalue weighted by atomic mass is 10.1. The summed E-state index contributed by atoms with van der Waals surface area (Å²) in [5.74, 6) is -1.59. The lowest BCUT2D eigenvalue weighted by Gasteiger charge is -2.12. The Labute approximate surface area is 143 Å². The molecule has 3 rings (SSSR count). The van der Waals surface area contributed by atoms with Crippen LogP contribution in [0.5, 0.6) is 5.75 Å². The number of para-hydroxylation sites is 1. The Hall–Kier alpha value is -2.89. The first-order chi connectivity index (χ1) is 12.0. The van der Waals surface area contributed by atoms with Crippen molar-refractivity contribution in [1.82, 2.24) is 5.32 Å². The number of furan rings is 1. The van der Waals surface area contributed by atoms with Gasteiger partial charge in [0.25, 0.3) is 5.91 Å². The third-order valence-electron chi connectivity index (χ3n) is 3.79. The van der Waals surface area contributed by atoms with E-state index in [1.54, 1.807) is 19.1 Å². The molecular weight excluding hydrogens is 328 g/mol. The zero-order valence-electron chi connectivity index (χ0n) is 13.8. The van der Waals surface area contributed by atoms with E-state index in [1.165, 1.54) is 6.07 Å². The van der Waals surface area contributed by atoms with Crippen LogP contribution in [0.15, 0.2) is 46.9 Å². The summed E-state index contributed by atoms with van der Waals surface area (Å²) < 4.78 is 38.7. The van der Waals surface area contributed by atoms with Gasteiger partial charge >= 0.3 is 0 Å². The Morgan fingerprint density at radius 1 is 1.20 bits per heavy atom. The van der Waals surface area contributed by atoms with Crippen LogP contribution in [-0.4, -0.2) is 12.5 Å². The molecule has 2 aromatic carbocycles. The minimum atomic E-state index is -0.909. The van der Waals surface area contributed by atoms with Gasteiger partial charge in [0, 0.05) is 5.39 Å². The molecule has 1 unspecified atom stereocenters. The molecule has 4 nitrogen and oxygen atoms in total. The Morgan fingerprint density at radius 3 is 2.56 bits per heavy atom. The van der Waals surface area contributed by atoms with Crippen molar-refractivity contribution in [3.8, 4) is 5.75 Å². The first-order valence-corrected chi connectivity index (χ1v) is 7.91. The summed E-state index contributed by atoms with van der Waals surface area (Å²) in [6.07, 6.45) is 0. The summed E-state index contributed by atoms with van der Waals surface area (Å²) in [5.41, 5.74) is -0.0435. The van der Waals surface area contributed by atoms with Gasteiger partial charge in [-0.1, -0.05) is 18.2 Å². The van der Waals surface area contributed by atoms with E-state index >= 15 is 0 Å². The zero-order valence-corrected chi connectivity index (χ0v) is 13.8. The standard InChI is InChI=1S/C19H17F2NO3/c1-3-24-15-9-4-6-12-10-16(25-18(12)15)11(2)22-19(23)17-13(20)7-5-8-14(17)21/h4-11H,3H2,1-2H3,(H,22,23). The van der Waals surface area contributed by atoms with Gasteiger partial charge in [0.15, 0.2) is 11.3 Å². The number of carbonyl (C=O) groups excluding carboxylic acids is 1. The van der Waals surface area contributed by atoms with Crippen molar-refractivity contribution in [3.63, 3.8) is 0 Å². The van der Waals surface area contributed by atoms with Crippen LogP contribution >= 0.6 is 0 Å². The van der Waals surface area contributed by atoms with Crippen LogP contribution in [0.2, 0.25) is 0 Å². The smallest absolute Gasteiger partial charge is 0.257 e. The molecule has 0 aliphatic carbocycles. The van der Waals surface area contributed by atoms with Crippen molar-refractivity contribution < 1.29 is 22.7 Å². The molecular formula is C19H17F2NO3. The van der Waals surface area contributed by atoms with Crippen LogP contribution in [0.25, 0.3) is 11.0 Å². The van der Waals surface area contributed by atoms with Crippen molar-refractivity contribution in [2.45, 2.75) is 19.9 Å². The van der Waals surface area contributed by atoms with Crippen molar-refractivity contribution in [2.75, 3.05) is 6.61 Å². The van der Waals surface area contributed by atoms with E-state index in [1.807, 2.05) is 19.1 Å². The number of amides is 1. The fourth-order valence-corrected chi connectivity index (χ4v) is 2.59. The molecule has 6 heteroatoms. The number of fused-ring (bicyclic) bond motifs is 1. The molecule has 0 saturated heterocycles. The van der Waals surface area contributed by atoms with Crippen LogP contribution in [-0.2, 0) is 0 Å². The molecule has 0 aliphatic rings. The SMILES string of the molecule is CCOc1cccc2cc(C(C)NC(=O)c3c(F)cccc3F)oc12. The Bertz CT molecular complexity index is 900. The lowest BCUT2D eigenvalue weighted by Crippen LogP contribution is -2.28. The lowest BCUT2D eigenvalue weighted by molar-refractivity contribution is 0.0927. The highest BCUT2D eigenvalue weighted by atomic mass is 19.1. The summed E-state index contributed by atoms with van der Waals surface area (Å²) >= 11 is 0. The van der Waals surface area contributed by atoms with E-state index in [0.29, 0.717) is 23.7 Å². The van der Waals surface area contributed by atoms with Gasteiger partial charge in [-0.05, 0) is 38.1 Å². The predicted octanol–water partition coefficient (Wildman–Crippen LogP) is 4.60. The normalized spacial score (nSPS) is 12.2. The quantitative estimate of drug-likeness (QED) is 0.735. The maximum Gasteiger partial charge on any atom is 0.257 e. The molecule has 130 valence electrons. The van der Waals surface area contributed by atoms with Gasteiger partial charge in [0.1, 0.15) is 23.0 Å². The Balaban J connectivity index is 1.86. The van der Waals surface area contributed by atoms with Crippen molar-refractivity contribution in [3.05, 3.63) is 65.4 Å². The van der Waals surface area contributed by atoms with Crippen LogP contribution in [0.1, 0.15) is 36.0 Å². The van der Waals surface area contributed by atoms with Gasteiger partial charge in [-0.25, -0.2) is 8.78 Å². The third kappa shape index (κ3) is 3.33. The topological polar surface area (TPSA) is 51.5 Å². The highest BCUT2D eigenvalue weighted by Crippen LogP contribution is 2.31. The molecule has 1 atom stereocenters. The van der Waals surface area contributed by atoms with Gasteiger partial charge in [0.05, 0.1) is 12.6 Å². The zero-order chi connectivity index (χ0) is 18.0. The first-order valence-electron chi connectivity index (χ1n) is 7.91. The number of rotatable bonds is 5. The minimum Gasteiger partial charge on any atom is -0.490 e. The average Bonchev–Trinajstić information content (AvgIpc) is 3.00. The molecule has 0 spiro atoms. The predicted molar refractivity (Wildman–Crippen MR) is 89.6 cm³/mol. The van der Waals surface area contributed by atoms with Crippen LogP contribution in [0, 0.1) is 11.6 Å². The maximum atomic E-state index is 13.7.